The zero-order chi connectivity index (χ0) is 10.1. The van der Waals surface area contributed by atoms with E-state index >= 15 is 0 Å². The van der Waals surface area contributed by atoms with E-state index in [2.05, 4.69) is 14.9 Å². The third-order valence-electron chi connectivity index (χ3n) is 1.21. The third kappa shape index (κ3) is 2.19. The molecule has 0 aliphatic carbocycles. The molecule has 13 heavy (non-hydrogen) atoms. The average molecular weight is 225 g/mol. The second-order valence-electron chi connectivity index (χ2n) is 2.05. The fourth-order valence-electron chi connectivity index (χ4n) is 0.638. The SMILES string of the molecule is COC(=O)c1cc(S(=O)(=O)Cl)[nH]n1. The van der Waals surface area contributed by atoms with Crippen LogP contribution in [0.25, 0.3) is 0 Å². The number of halogens is 1. The van der Waals surface area contributed by atoms with E-state index in [4.69, 9.17) is 10.7 Å². The monoisotopic (exact) mass is 224 g/mol. The molecule has 6 nitrogen and oxygen atoms in total. The van der Waals surface area contributed by atoms with Crippen molar-refractivity contribution in [2.24, 2.45) is 0 Å². The number of methoxy groups -OCH3 is 1. The van der Waals surface area contributed by atoms with E-state index in [0.29, 0.717) is 0 Å². The Bertz CT molecular complexity index is 423. The molecule has 1 heterocycles. The highest BCUT2D eigenvalue weighted by Gasteiger charge is 2.17. The van der Waals surface area contributed by atoms with Crippen molar-refractivity contribution in [1.82, 2.24) is 10.2 Å². The normalized spacial score (nSPS) is 11.2. The molecular formula is C5H5ClN2O4S. The molecule has 0 amide bonds. The van der Waals surface area contributed by atoms with Gasteiger partial charge in [-0.3, -0.25) is 5.10 Å². The van der Waals surface area contributed by atoms with Gasteiger partial charge in [0, 0.05) is 16.7 Å². The Hall–Kier alpha value is -1.08. The minimum absolute atomic E-state index is 0.137. The molecule has 0 aromatic carbocycles. The van der Waals surface area contributed by atoms with Crippen LogP contribution in [0.3, 0.4) is 0 Å². The first-order valence-corrected chi connectivity index (χ1v) is 5.34. The molecule has 1 rings (SSSR count). The van der Waals surface area contributed by atoms with Crippen LogP contribution < -0.4 is 0 Å². The second kappa shape index (κ2) is 3.35. The van der Waals surface area contributed by atoms with Gasteiger partial charge in [-0.25, -0.2) is 13.2 Å². The zero-order valence-corrected chi connectivity index (χ0v) is 8.02. The first kappa shape index (κ1) is 10.0. The van der Waals surface area contributed by atoms with Gasteiger partial charge in [-0.1, -0.05) is 0 Å². The van der Waals surface area contributed by atoms with Crippen molar-refractivity contribution in [2.75, 3.05) is 7.11 Å². The first-order chi connectivity index (χ1) is 5.95. The lowest BCUT2D eigenvalue weighted by Gasteiger charge is -1.89. The van der Waals surface area contributed by atoms with Gasteiger partial charge in [0.05, 0.1) is 7.11 Å². The third-order valence-corrected chi connectivity index (χ3v) is 2.44. The fraction of sp³-hybridized carbons (Fsp3) is 0.200. The lowest BCUT2D eigenvalue weighted by atomic mass is 10.4. The number of nitrogens with zero attached hydrogens (tertiary/aromatic N) is 1. The Balaban J connectivity index is 3.07. The molecule has 0 atom stereocenters. The molecule has 72 valence electrons. The van der Waals surface area contributed by atoms with Crippen molar-refractivity contribution in [1.29, 1.82) is 0 Å². The van der Waals surface area contributed by atoms with E-state index in [0.717, 1.165) is 13.2 Å². The van der Waals surface area contributed by atoms with Crippen molar-refractivity contribution in [3.8, 4) is 0 Å². The van der Waals surface area contributed by atoms with Gasteiger partial charge in [0.2, 0.25) is 0 Å². The molecular weight excluding hydrogens is 220 g/mol. The van der Waals surface area contributed by atoms with E-state index in [1.54, 1.807) is 0 Å². The van der Waals surface area contributed by atoms with E-state index in [1.165, 1.54) is 0 Å². The highest BCUT2D eigenvalue weighted by Crippen LogP contribution is 2.12. The van der Waals surface area contributed by atoms with Crippen LogP contribution in [0.1, 0.15) is 10.5 Å². The number of aromatic nitrogens is 2. The van der Waals surface area contributed by atoms with Crippen LogP contribution in [0, 0.1) is 0 Å². The molecule has 0 aliphatic rings. The Kier molecular flexibility index (Phi) is 2.58. The van der Waals surface area contributed by atoms with Gasteiger partial charge < -0.3 is 4.74 Å². The summed E-state index contributed by atoms with van der Waals surface area (Å²) in [5.74, 6) is -0.734. The Morgan fingerprint density at radius 1 is 1.69 bits per heavy atom. The predicted octanol–water partition coefficient (Wildman–Crippen LogP) is 0.124. The van der Waals surface area contributed by atoms with Gasteiger partial charge >= 0.3 is 5.97 Å². The largest absolute Gasteiger partial charge is 0.464 e. The number of carbonyl (C=O) groups is 1. The Morgan fingerprint density at radius 3 is 2.69 bits per heavy atom. The van der Waals surface area contributed by atoms with E-state index in [-0.39, 0.29) is 10.7 Å². The highest BCUT2D eigenvalue weighted by atomic mass is 35.7. The van der Waals surface area contributed by atoms with Gasteiger partial charge in [0.25, 0.3) is 9.05 Å². The molecule has 0 aliphatic heterocycles. The van der Waals surface area contributed by atoms with Gasteiger partial charge in [-0.05, 0) is 0 Å². The van der Waals surface area contributed by atoms with Crippen molar-refractivity contribution in [2.45, 2.75) is 5.03 Å². The minimum atomic E-state index is -3.88. The number of ether oxygens (including phenoxy) is 1. The van der Waals surface area contributed by atoms with E-state index < -0.39 is 15.0 Å². The number of rotatable bonds is 2. The standard InChI is InChI=1S/C5H5ClN2O4S/c1-12-5(9)3-2-4(8-7-3)13(6,10)11/h2H,1H3,(H,7,8). The van der Waals surface area contributed by atoms with E-state index in [1.807, 2.05) is 0 Å². The summed E-state index contributed by atoms with van der Waals surface area (Å²) in [7, 11) is 2.25. The summed E-state index contributed by atoms with van der Waals surface area (Å²) in [6.45, 7) is 0. The topological polar surface area (TPSA) is 89.1 Å². The molecule has 0 saturated carbocycles. The molecule has 0 spiro atoms. The van der Waals surface area contributed by atoms with Crippen LogP contribution in [-0.2, 0) is 13.8 Å². The molecule has 0 bridgehead atoms. The number of esters is 1. The summed E-state index contributed by atoms with van der Waals surface area (Å²) in [6.07, 6.45) is 0. The van der Waals surface area contributed by atoms with Crippen LogP contribution in [0.4, 0.5) is 0 Å². The van der Waals surface area contributed by atoms with Crippen molar-refractivity contribution in [3.05, 3.63) is 11.8 Å². The second-order valence-corrected chi connectivity index (χ2v) is 4.58. The smallest absolute Gasteiger partial charge is 0.358 e. The summed E-state index contributed by atoms with van der Waals surface area (Å²) in [4.78, 5) is 10.8. The minimum Gasteiger partial charge on any atom is -0.464 e. The summed E-state index contributed by atoms with van der Waals surface area (Å²) in [6, 6.07) is 0.994. The highest BCUT2D eigenvalue weighted by molar-refractivity contribution is 8.13. The number of H-pyrrole nitrogens is 1. The van der Waals surface area contributed by atoms with E-state index in [9.17, 15) is 13.2 Å². The maximum atomic E-state index is 10.8. The fourth-order valence-corrected chi connectivity index (χ4v) is 1.28. The summed E-state index contributed by atoms with van der Waals surface area (Å²) < 4.78 is 25.7. The maximum Gasteiger partial charge on any atom is 0.358 e. The van der Waals surface area contributed by atoms with Gasteiger partial charge in [-0.2, -0.15) is 5.10 Å². The molecule has 0 radical (unpaired) electrons. The van der Waals surface area contributed by atoms with Crippen LogP contribution in [0.2, 0.25) is 0 Å². The summed E-state index contributed by atoms with van der Waals surface area (Å²) in [5.41, 5.74) is -0.137. The molecule has 0 unspecified atom stereocenters. The quantitative estimate of drug-likeness (QED) is 0.570. The van der Waals surface area contributed by atoms with Crippen LogP contribution in [0.5, 0.6) is 0 Å². The molecule has 1 aromatic heterocycles. The average Bonchev–Trinajstić information content (AvgIpc) is 2.50. The number of hydrogen-bond acceptors (Lipinski definition) is 5. The summed E-state index contributed by atoms with van der Waals surface area (Å²) >= 11 is 0. The molecule has 0 saturated heterocycles. The van der Waals surface area contributed by atoms with Crippen LogP contribution in [0.15, 0.2) is 11.1 Å². The Labute approximate surface area is 78.3 Å². The van der Waals surface area contributed by atoms with Gasteiger partial charge in [0.15, 0.2) is 10.7 Å². The molecule has 1 N–H and O–H groups in total. The van der Waals surface area contributed by atoms with Crippen LogP contribution in [-0.4, -0.2) is 31.7 Å². The lowest BCUT2D eigenvalue weighted by Crippen LogP contribution is -2.00. The number of hydrogen-bond donors (Lipinski definition) is 1. The van der Waals surface area contributed by atoms with Crippen LogP contribution >= 0.6 is 10.7 Å². The van der Waals surface area contributed by atoms with Gasteiger partial charge in [-0.15, -0.1) is 0 Å². The number of nitrogens with one attached hydrogen (secondary N) is 1. The molecule has 8 heteroatoms. The van der Waals surface area contributed by atoms with Crippen molar-refractivity contribution >= 4 is 25.7 Å². The maximum absolute atomic E-state index is 10.8. The molecule has 0 fully saturated rings. The number of aromatic amines is 1. The van der Waals surface area contributed by atoms with Crippen molar-refractivity contribution in [3.63, 3.8) is 0 Å². The zero-order valence-electron chi connectivity index (χ0n) is 6.44. The predicted molar refractivity (Wildman–Crippen MR) is 43.0 cm³/mol. The lowest BCUT2D eigenvalue weighted by molar-refractivity contribution is 0.0594. The number of carbonyl (C=O) groups excluding carboxylic acids is 1. The Morgan fingerprint density at radius 2 is 2.31 bits per heavy atom. The van der Waals surface area contributed by atoms with Gasteiger partial charge in [0.1, 0.15) is 0 Å². The summed E-state index contributed by atoms with van der Waals surface area (Å²) in [5, 5.41) is 5.14. The molecule has 1 aromatic rings. The van der Waals surface area contributed by atoms with Crippen molar-refractivity contribution < 1.29 is 17.9 Å². The first-order valence-electron chi connectivity index (χ1n) is 3.03.